The van der Waals surface area contributed by atoms with Gasteiger partial charge in [-0.2, -0.15) is 4.68 Å². The Morgan fingerprint density at radius 3 is 2.76 bits per heavy atom. The molecular formula is C16H16N4O. The van der Waals surface area contributed by atoms with Crippen molar-refractivity contribution in [2.45, 2.75) is 19.8 Å². The summed E-state index contributed by atoms with van der Waals surface area (Å²) in [5.41, 5.74) is 2.34. The van der Waals surface area contributed by atoms with Crippen LogP contribution in [0, 0.1) is 0 Å². The zero-order valence-corrected chi connectivity index (χ0v) is 11.8. The Labute approximate surface area is 122 Å². The minimum absolute atomic E-state index is 0.295. The lowest BCUT2D eigenvalue weighted by molar-refractivity contribution is 0.251. The Morgan fingerprint density at radius 1 is 1.19 bits per heavy atom. The van der Waals surface area contributed by atoms with Crippen molar-refractivity contribution >= 4 is 22.8 Å². The summed E-state index contributed by atoms with van der Waals surface area (Å²) < 4.78 is 1.29. The number of carbonyl (C=O) groups is 1. The van der Waals surface area contributed by atoms with Crippen LogP contribution in [-0.4, -0.2) is 20.8 Å². The predicted molar refractivity (Wildman–Crippen MR) is 82.4 cm³/mol. The molecule has 1 amide bonds. The molecule has 5 nitrogen and oxygen atoms in total. The number of hydrogen-bond acceptors (Lipinski definition) is 3. The number of fused-ring (bicyclic) bond motifs is 1. The molecule has 3 rings (SSSR count). The first-order valence-electron chi connectivity index (χ1n) is 6.98. The Bertz CT molecular complexity index is 764. The van der Waals surface area contributed by atoms with Crippen LogP contribution >= 0.6 is 0 Å². The van der Waals surface area contributed by atoms with Crippen LogP contribution in [0.25, 0.3) is 11.0 Å². The second-order valence-corrected chi connectivity index (χ2v) is 4.84. The molecule has 0 saturated carbocycles. The van der Waals surface area contributed by atoms with E-state index >= 15 is 0 Å². The summed E-state index contributed by atoms with van der Waals surface area (Å²) in [6.45, 7) is 2.11. The van der Waals surface area contributed by atoms with Gasteiger partial charge in [0.15, 0.2) is 5.65 Å². The molecule has 2 heterocycles. The van der Waals surface area contributed by atoms with Crippen molar-refractivity contribution < 1.29 is 4.79 Å². The molecule has 0 bridgehead atoms. The van der Waals surface area contributed by atoms with Gasteiger partial charge < -0.3 is 5.32 Å². The fourth-order valence-electron chi connectivity index (χ4n) is 2.14. The van der Waals surface area contributed by atoms with Crippen molar-refractivity contribution in [3.05, 3.63) is 54.4 Å². The normalized spacial score (nSPS) is 10.7. The molecule has 21 heavy (non-hydrogen) atoms. The number of rotatable bonds is 3. The number of pyridine rings is 1. The van der Waals surface area contributed by atoms with Crippen LogP contribution in [0.1, 0.15) is 19.0 Å². The summed E-state index contributed by atoms with van der Waals surface area (Å²) in [5.74, 6) is 0. The standard InChI is InChI=1S/C16H16N4O/c1-2-6-13-10-9-12-11-20(19-15(12)17-13)16(21)18-14-7-4-3-5-8-14/h3-5,7-11H,2,6H2,1H3,(H,18,21). The second-order valence-electron chi connectivity index (χ2n) is 4.84. The van der Waals surface area contributed by atoms with E-state index in [0.717, 1.165) is 29.6 Å². The first kappa shape index (κ1) is 13.3. The van der Waals surface area contributed by atoms with E-state index in [-0.39, 0.29) is 6.03 Å². The molecule has 106 valence electrons. The first-order valence-corrected chi connectivity index (χ1v) is 6.98. The lowest BCUT2D eigenvalue weighted by Crippen LogP contribution is -2.19. The van der Waals surface area contributed by atoms with Crippen molar-refractivity contribution in [2.75, 3.05) is 5.32 Å². The molecule has 0 aliphatic carbocycles. The van der Waals surface area contributed by atoms with Gasteiger partial charge in [0.2, 0.25) is 0 Å². The topological polar surface area (TPSA) is 59.8 Å². The Balaban J connectivity index is 1.85. The highest BCUT2D eigenvalue weighted by atomic mass is 16.2. The van der Waals surface area contributed by atoms with Crippen molar-refractivity contribution in [1.29, 1.82) is 0 Å². The number of carbonyl (C=O) groups excluding carboxylic acids is 1. The van der Waals surface area contributed by atoms with E-state index in [0.29, 0.717) is 5.65 Å². The summed E-state index contributed by atoms with van der Waals surface area (Å²) in [7, 11) is 0. The predicted octanol–water partition coefficient (Wildman–Crippen LogP) is 3.46. The first-order chi connectivity index (χ1) is 10.3. The highest BCUT2D eigenvalue weighted by Crippen LogP contribution is 2.13. The van der Waals surface area contributed by atoms with Gasteiger partial charge in [-0.15, -0.1) is 5.10 Å². The molecule has 0 spiro atoms. The number of aryl methyl sites for hydroxylation is 1. The van der Waals surface area contributed by atoms with Crippen molar-refractivity contribution in [2.24, 2.45) is 0 Å². The highest BCUT2D eigenvalue weighted by Gasteiger charge is 2.09. The maximum absolute atomic E-state index is 12.2. The third-order valence-corrected chi connectivity index (χ3v) is 3.17. The summed E-state index contributed by atoms with van der Waals surface area (Å²) in [6.07, 6.45) is 3.64. The fourth-order valence-corrected chi connectivity index (χ4v) is 2.14. The minimum atomic E-state index is -0.295. The van der Waals surface area contributed by atoms with E-state index in [1.54, 1.807) is 6.20 Å². The quantitative estimate of drug-likeness (QED) is 0.799. The van der Waals surface area contributed by atoms with Crippen LogP contribution in [0.3, 0.4) is 0 Å². The largest absolute Gasteiger partial charge is 0.346 e. The zero-order chi connectivity index (χ0) is 14.7. The van der Waals surface area contributed by atoms with Gasteiger partial charge in [0.25, 0.3) is 0 Å². The van der Waals surface area contributed by atoms with E-state index in [1.807, 2.05) is 42.5 Å². The SMILES string of the molecule is CCCc1ccc2cn(C(=O)Nc3ccccc3)nc2n1. The maximum Gasteiger partial charge on any atom is 0.346 e. The minimum Gasteiger partial charge on any atom is -0.306 e. The van der Waals surface area contributed by atoms with Gasteiger partial charge in [0.1, 0.15) is 0 Å². The number of hydrogen-bond donors (Lipinski definition) is 1. The van der Waals surface area contributed by atoms with Gasteiger partial charge in [-0.1, -0.05) is 31.5 Å². The van der Waals surface area contributed by atoms with E-state index < -0.39 is 0 Å². The number of benzene rings is 1. The van der Waals surface area contributed by atoms with Gasteiger partial charge in [0.05, 0.1) is 0 Å². The molecule has 0 aliphatic rings. The Kier molecular flexibility index (Phi) is 3.64. The van der Waals surface area contributed by atoms with Crippen LogP contribution in [-0.2, 0) is 6.42 Å². The number of anilines is 1. The van der Waals surface area contributed by atoms with Gasteiger partial charge in [-0.3, -0.25) is 0 Å². The van der Waals surface area contributed by atoms with Gasteiger partial charge >= 0.3 is 6.03 Å². The zero-order valence-electron chi connectivity index (χ0n) is 11.8. The van der Waals surface area contributed by atoms with E-state index in [1.165, 1.54) is 4.68 Å². The lowest BCUT2D eigenvalue weighted by atomic mass is 10.2. The monoisotopic (exact) mass is 280 g/mol. The number of aromatic nitrogens is 3. The summed E-state index contributed by atoms with van der Waals surface area (Å²) in [5, 5.41) is 7.90. The number of para-hydroxylation sites is 1. The van der Waals surface area contributed by atoms with E-state index in [2.05, 4.69) is 22.3 Å². The van der Waals surface area contributed by atoms with E-state index in [4.69, 9.17) is 0 Å². The van der Waals surface area contributed by atoms with Crippen LogP contribution in [0.15, 0.2) is 48.7 Å². The van der Waals surface area contributed by atoms with Crippen molar-refractivity contribution in [3.63, 3.8) is 0 Å². The van der Waals surface area contributed by atoms with Crippen LogP contribution in [0.2, 0.25) is 0 Å². The van der Waals surface area contributed by atoms with Gasteiger partial charge in [-0.25, -0.2) is 9.78 Å². The molecule has 0 fully saturated rings. The maximum atomic E-state index is 12.2. The summed E-state index contributed by atoms with van der Waals surface area (Å²) >= 11 is 0. The molecule has 0 saturated heterocycles. The summed E-state index contributed by atoms with van der Waals surface area (Å²) in [6, 6.07) is 12.9. The van der Waals surface area contributed by atoms with Gasteiger partial charge in [0, 0.05) is 23.0 Å². The van der Waals surface area contributed by atoms with E-state index in [9.17, 15) is 4.79 Å². The van der Waals surface area contributed by atoms with Gasteiger partial charge in [-0.05, 0) is 30.7 Å². The summed E-state index contributed by atoms with van der Waals surface area (Å²) in [4.78, 5) is 16.6. The second kappa shape index (κ2) is 5.75. The smallest absolute Gasteiger partial charge is 0.306 e. The molecular weight excluding hydrogens is 264 g/mol. The lowest BCUT2D eigenvalue weighted by Gasteiger charge is -2.03. The molecule has 0 atom stereocenters. The van der Waals surface area contributed by atoms with Crippen LogP contribution < -0.4 is 5.32 Å². The average Bonchev–Trinajstić information content (AvgIpc) is 2.92. The van der Waals surface area contributed by atoms with Crippen LogP contribution in [0.4, 0.5) is 10.5 Å². The third-order valence-electron chi connectivity index (χ3n) is 3.17. The number of nitrogens with one attached hydrogen (secondary N) is 1. The molecule has 2 aromatic heterocycles. The fraction of sp³-hybridized carbons (Fsp3) is 0.188. The Hall–Kier alpha value is -2.69. The van der Waals surface area contributed by atoms with Crippen LogP contribution in [0.5, 0.6) is 0 Å². The number of amides is 1. The molecule has 1 aromatic carbocycles. The molecule has 0 aliphatic heterocycles. The molecule has 0 radical (unpaired) electrons. The molecule has 1 N–H and O–H groups in total. The van der Waals surface area contributed by atoms with Crippen molar-refractivity contribution in [1.82, 2.24) is 14.8 Å². The number of nitrogens with zero attached hydrogens (tertiary/aromatic N) is 3. The highest BCUT2D eigenvalue weighted by molar-refractivity contribution is 5.92. The van der Waals surface area contributed by atoms with Crippen molar-refractivity contribution in [3.8, 4) is 0 Å². The average molecular weight is 280 g/mol. The Morgan fingerprint density at radius 2 is 2.00 bits per heavy atom. The molecule has 0 unspecified atom stereocenters. The molecule has 5 heteroatoms. The molecule has 3 aromatic rings. The third kappa shape index (κ3) is 2.91.